The zero-order chi connectivity index (χ0) is 46.2. The molecule has 0 amide bonds. The van der Waals surface area contributed by atoms with Crippen LogP contribution in [0, 0.1) is 0 Å². The van der Waals surface area contributed by atoms with Crippen LogP contribution in [-0.4, -0.2) is 11.6 Å². The van der Waals surface area contributed by atoms with Crippen molar-refractivity contribution in [1.82, 2.24) is 0 Å². The highest BCUT2D eigenvalue weighted by atomic mass is 16.5. The van der Waals surface area contributed by atoms with Crippen molar-refractivity contribution in [2.45, 2.75) is 70.0 Å². The number of ketones is 2. The van der Waals surface area contributed by atoms with Gasteiger partial charge in [-0.25, -0.2) is 0 Å². The molecule has 0 aromatic heterocycles. The largest absolute Gasteiger partial charge is 0.489 e. The van der Waals surface area contributed by atoms with E-state index in [0.29, 0.717) is 58.5 Å². The molecule has 332 valence electrons. The normalized spacial score (nSPS) is 14.7. The topological polar surface area (TPSA) is 71.1 Å². The predicted octanol–water partition coefficient (Wildman–Crippen LogP) is 14.5. The van der Waals surface area contributed by atoms with Crippen LogP contribution in [0.2, 0.25) is 0 Å². The van der Waals surface area contributed by atoms with Gasteiger partial charge in [0, 0.05) is 27.7 Å². The summed E-state index contributed by atoms with van der Waals surface area (Å²) >= 11 is 0. The molecule has 0 unspecified atom stereocenters. The number of carbonyl (C=O) groups is 2. The van der Waals surface area contributed by atoms with Gasteiger partial charge < -0.3 is 18.9 Å². The first kappa shape index (κ1) is 43.2. The van der Waals surface area contributed by atoms with Crippen LogP contribution < -0.4 is 18.9 Å². The Hall–Kier alpha value is -7.70. The van der Waals surface area contributed by atoms with Crippen molar-refractivity contribution in [1.29, 1.82) is 0 Å². The third-order valence-corrected chi connectivity index (χ3v) is 13.4. The van der Waals surface area contributed by atoms with Crippen LogP contribution >= 0.6 is 0 Å². The summed E-state index contributed by atoms with van der Waals surface area (Å²) in [5.74, 6) is 4.11. The second-order valence-electron chi connectivity index (χ2n) is 19.1. The molecule has 2 aliphatic carbocycles. The molecule has 67 heavy (non-hydrogen) atoms. The Morgan fingerprint density at radius 1 is 0.373 bits per heavy atom. The number of ether oxygens (including phenoxy) is 4. The zero-order valence-corrected chi connectivity index (χ0v) is 38.3. The fourth-order valence-electron chi connectivity index (χ4n) is 10.3. The van der Waals surface area contributed by atoms with E-state index in [9.17, 15) is 9.59 Å². The van der Waals surface area contributed by atoms with Gasteiger partial charge in [-0.3, -0.25) is 9.59 Å². The van der Waals surface area contributed by atoms with E-state index in [2.05, 4.69) is 64.1 Å². The molecule has 0 aliphatic heterocycles. The van der Waals surface area contributed by atoms with Crippen LogP contribution in [0.25, 0.3) is 0 Å². The van der Waals surface area contributed by atoms with E-state index < -0.39 is 0 Å². The average molecular weight is 881 g/mol. The molecule has 0 bridgehead atoms. The van der Waals surface area contributed by atoms with Gasteiger partial charge in [-0.1, -0.05) is 100 Å². The highest BCUT2D eigenvalue weighted by molar-refractivity contribution is 6.09. The molecule has 6 heteroatoms. The Bertz CT molecular complexity index is 2850. The molecule has 0 N–H and O–H groups in total. The maximum Gasteiger partial charge on any atom is 0.193 e. The minimum absolute atomic E-state index is 0.0657. The molecule has 0 heterocycles. The smallest absolute Gasteiger partial charge is 0.193 e. The van der Waals surface area contributed by atoms with Gasteiger partial charge in [0.05, 0.1) is 0 Å². The number of hydrogen-bond donors (Lipinski definition) is 0. The lowest BCUT2D eigenvalue weighted by atomic mass is 9.72. The van der Waals surface area contributed by atoms with E-state index in [1.807, 2.05) is 133 Å². The van der Waals surface area contributed by atoms with E-state index in [-0.39, 0.29) is 27.8 Å². The zero-order valence-electron chi connectivity index (χ0n) is 38.3. The van der Waals surface area contributed by atoms with Gasteiger partial charge in [0.2, 0.25) is 0 Å². The number of carbonyl (C=O) groups excluding carboxylic acids is 2. The van der Waals surface area contributed by atoms with Crippen LogP contribution in [0.5, 0.6) is 34.5 Å². The van der Waals surface area contributed by atoms with E-state index in [0.717, 1.165) is 35.5 Å². The molecule has 10 rings (SSSR count). The number of rotatable bonds is 14. The Labute approximate surface area is 392 Å². The first-order valence-corrected chi connectivity index (χ1v) is 22.9. The summed E-state index contributed by atoms with van der Waals surface area (Å²) in [7, 11) is 0. The van der Waals surface area contributed by atoms with E-state index >= 15 is 0 Å². The van der Waals surface area contributed by atoms with Gasteiger partial charge in [0.15, 0.2) is 11.6 Å². The summed E-state index contributed by atoms with van der Waals surface area (Å²) in [6, 6.07) is 62.3. The third kappa shape index (κ3) is 8.87. The summed E-state index contributed by atoms with van der Waals surface area (Å²) in [4.78, 5) is 26.9. The van der Waals surface area contributed by atoms with Crippen molar-refractivity contribution in [2.24, 2.45) is 0 Å². The van der Waals surface area contributed by atoms with Crippen molar-refractivity contribution >= 4 is 11.6 Å². The Morgan fingerprint density at radius 2 is 0.687 bits per heavy atom. The summed E-state index contributed by atoms with van der Waals surface area (Å²) < 4.78 is 24.9. The summed E-state index contributed by atoms with van der Waals surface area (Å²) in [5.41, 5.74) is 9.31. The quantitative estimate of drug-likeness (QED) is 0.101. The fourth-order valence-corrected chi connectivity index (χ4v) is 10.3. The molecule has 0 saturated heterocycles. The monoisotopic (exact) mass is 880 g/mol. The molecule has 0 fully saturated rings. The average Bonchev–Trinajstić information content (AvgIpc) is 3.72. The van der Waals surface area contributed by atoms with Crippen molar-refractivity contribution in [3.63, 3.8) is 0 Å². The van der Waals surface area contributed by atoms with Crippen LogP contribution in [0.3, 0.4) is 0 Å². The van der Waals surface area contributed by atoms with Gasteiger partial charge >= 0.3 is 0 Å². The van der Waals surface area contributed by atoms with Crippen molar-refractivity contribution < 1.29 is 28.5 Å². The highest BCUT2D eigenvalue weighted by Gasteiger charge is 2.56. The number of fused-ring (bicyclic) bond motifs is 4. The molecule has 2 aliphatic rings. The minimum Gasteiger partial charge on any atom is -0.489 e. The summed E-state index contributed by atoms with van der Waals surface area (Å²) in [6.45, 7) is 10.3. The first-order valence-electron chi connectivity index (χ1n) is 22.9. The predicted molar refractivity (Wildman–Crippen MR) is 263 cm³/mol. The van der Waals surface area contributed by atoms with Crippen LogP contribution in [0.15, 0.2) is 194 Å². The van der Waals surface area contributed by atoms with Crippen LogP contribution in [-0.2, 0) is 29.5 Å². The molecule has 0 radical (unpaired) electrons. The van der Waals surface area contributed by atoms with E-state index in [1.165, 1.54) is 22.3 Å². The Kier molecular flexibility index (Phi) is 11.3. The molecule has 8 aromatic carbocycles. The van der Waals surface area contributed by atoms with Crippen molar-refractivity contribution in [2.75, 3.05) is 0 Å². The SMILES string of the molecule is CC1(C)CC2(CC(C)(C)c3ccc(Oc4ccc(C(=O)c5ccc(OCc6ccccc6)cc5)cc4)cc32)c2cc(Oc3ccc(C(=O)c4ccc(OCc5ccccc5)cc4)cc3)ccc21. The highest BCUT2D eigenvalue weighted by Crippen LogP contribution is 2.63. The lowest BCUT2D eigenvalue weighted by molar-refractivity contribution is 0.103. The molecular formula is C61H52O6. The molecular weight excluding hydrogens is 829 g/mol. The van der Waals surface area contributed by atoms with Gasteiger partial charge in [-0.2, -0.15) is 0 Å². The molecule has 8 aromatic rings. The van der Waals surface area contributed by atoms with Gasteiger partial charge in [-0.05, 0) is 178 Å². The lowest BCUT2D eigenvalue weighted by Gasteiger charge is -2.30. The van der Waals surface area contributed by atoms with E-state index in [1.54, 1.807) is 24.3 Å². The van der Waals surface area contributed by atoms with Gasteiger partial charge in [0.25, 0.3) is 0 Å². The second-order valence-corrected chi connectivity index (χ2v) is 19.1. The maximum absolute atomic E-state index is 13.5. The lowest BCUT2D eigenvalue weighted by Crippen LogP contribution is -2.27. The number of hydrogen-bond acceptors (Lipinski definition) is 6. The van der Waals surface area contributed by atoms with Crippen LogP contribution in [0.4, 0.5) is 0 Å². The maximum atomic E-state index is 13.5. The molecule has 6 nitrogen and oxygen atoms in total. The summed E-state index contributed by atoms with van der Waals surface area (Å²) in [5, 5.41) is 0. The number of benzene rings is 8. The molecule has 0 atom stereocenters. The second kappa shape index (κ2) is 17.6. The minimum atomic E-state index is -0.257. The Balaban J connectivity index is 0.830. The molecule has 1 spiro atoms. The van der Waals surface area contributed by atoms with E-state index in [4.69, 9.17) is 18.9 Å². The van der Waals surface area contributed by atoms with Crippen molar-refractivity contribution in [3.8, 4) is 34.5 Å². The summed E-state index contributed by atoms with van der Waals surface area (Å²) in [6.07, 6.45) is 1.90. The third-order valence-electron chi connectivity index (χ3n) is 13.4. The standard InChI is InChI=1S/C61H52O6/c1-59(2)39-61(55-35-51(31-33-53(55)59)66-49-27-19-45(20-28-49)57(62)43-15-23-47(24-16-43)64-37-41-11-7-5-8-12-41)40-60(3,4)54-34-32-52(36-56(54)61)67-50-29-21-46(22-30-50)58(63)44-17-25-48(26-18-44)65-38-42-13-9-6-10-14-42/h5-36H,37-40H2,1-4H3. The van der Waals surface area contributed by atoms with Crippen LogP contribution in [0.1, 0.15) is 106 Å². The fraction of sp³-hybridized carbons (Fsp3) is 0.180. The van der Waals surface area contributed by atoms with Gasteiger partial charge in [-0.15, -0.1) is 0 Å². The Morgan fingerprint density at radius 3 is 1.03 bits per heavy atom. The van der Waals surface area contributed by atoms with Gasteiger partial charge in [0.1, 0.15) is 47.7 Å². The first-order chi connectivity index (χ1) is 32.4. The molecule has 0 saturated carbocycles. The van der Waals surface area contributed by atoms with Crippen molar-refractivity contribution in [3.05, 3.63) is 250 Å².